The van der Waals surface area contributed by atoms with Crippen molar-refractivity contribution >= 4 is 16.7 Å². The third-order valence-corrected chi connectivity index (χ3v) is 7.10. The Hall–Kier alpha value is -3.30. The number of rotatable bonds is 4. The smallest absolute Gasteiger partial charge is 0.150 e. The molecule has 0 bridgehead atoms. The molecule has 2 aliphatic heterocycles. The van der Waals surface area contributed by atoms with E-state index in [9.17, 15) is 0 Å². The van der Waals surface area contributed by atoms with Crippen LogP contribution in [0.4, 0.5) is 5.82 Å². The summed E-state index contributed by atoms with van der Waals surface area (Å²) in [5, 5.41) is 10.4. The van der Waals surface area contributed by atoms with Crippen molar-refractivity contribution in [2.24, 2.45) is 12.8 Å². The van der Waals surface area contributed by atoms with Crippen LogP contribution >= 0.6 is 0 Å². The summed E-state index contributed by atoms with van der Waals surface area (Å²) in [6.07, 6.45) is 12.0. The molecule has 2 fully saturated rings. The van der Waals surface area contributed by atoms with Gasteiger partial charge in [-0.15, -0.1) is 0 Å². The van der Waals surface area contributed by atoms with Gasteiger partial charge in [0.25, 0.3) is 0 Å². The van der Waals surface area contributed by atoms with Crippen LogP contribution in [0.5, 0.6) is 0 Å². The SMILES string of the molecule is Cn1cc(-c2cc3c(-c4cccc(N5CCCC(N)CC5)n4)nn(C4CCCCO4)c3cn2)cn1. The van der Waals surface area contributed by atoms with E-state index < -0.39 is 0 Å². The van der Waals surface area contributed by atoms with E-state index >= 15 is 0 Å². The Balaban J connectivity index is 1.45. The number of aromatic nitrogens is 6. The molecule has 0 spiro atoms. The van der Waals surface area contributed by atoms with Gasteiger partial charge in [-0.1, -0.05) is 6.07 Å². The molecule has 182 valence electrons. The zero-order valence-electron chi connectivity index (χ0n) is 20.2. The van der Waals surface area contributed by atoms with E-state index in [4.69, 9.17) is 25.5 Å². The van der Waals surface area contributed by atoms with Crippen LogP contribution in [0, 0.1) is 0 Å². The van der Waals surface area contributed by atoms with E-state index in [1.165, 1.54) is 0 Å². The van der Waals surface area contributed by atoms with Crippen LogP contribution in [0.1, 0.15) is 44.8 Å². The molecule has 0 radical (unpaired) electrons. The minimum absolute atomic E-state index is 0.0821. The van der Waals surface area contributed by atoms with Crippen molar-refractivity contribution in [2.45, 2.75) is 50.8 Å². The highest BCUT2D eigenvalue weighted by atomic mass is 16.5. The summed E-state index contributed by atoms with van der Waals surface area (Å²) in [7, 11) is 1.91. The first kappa shape index (κ1) is 22.2. The van der Waals surface area contributed by atoms with Gasteiger partial charge in [-0.2, -0.15) is 10.2 Å². The van der Waals surface area contributed by atoms with Gasteiger partial charge in [0.2, 0.25) is 0 Å². The van der Waals surface area contributed by atoms with Crippen LogP contribution in [0.15, 0.2) is 42.9 Å². The van der Waals surface area contributed by atoms with Crippen LogP contribution in [0.25, 0.3) is 33.5 Å². The Labute approximate surface area is 204 Å². The van der Waals surface area contributed by atoms with Crippen LogP contribution < -0.4 is 10.6 Å². The van der Waals surface area contributed by atoms with Gasteiger partial charge in [0.15, 0.2) is 6.23 Å². The number of nitrogens with two attached hydrogens (primary N) is 1. The largest absolute Gasteiger partial charge is 0.357 e. The molecule has 2 unspecified atom stereocenters. The van der Waals surface area contributed by atoms with Gasteiger partial charge < -0.3 is 15.4 Å². The molecule has 0 saturated carbocycles. The number of nitrogens with zero attached hydrogens (tertiary/aromatic N) is 7. The van der Waals surface area contributed by atoms with Crippen LogP contribution in [0.2, 0.25) is 0 Å². The standard InChI is InChI=1S/C26H32N8O/c1-32-17-18(15-29-32)22-14-20-23(16-28-22)34(25-9-2-3-13-35-25)31-26(20)21-7-4-8-24(30-21)33-11-5-6-19(27)10-12-33/h4,7-8,14-17,19,25H,2-3,5-6,9-13,27H2,1H3. The van der Waals surface area contributed by atoms with Crippen LogP contribution in [0.3, 0.4) is 0 Å². The zero-order chi connectivity index (χ0) is 23.8. The highest BCUT2D eigenvalue weighted by Gasteiger charge is 2.24. The molecule has 9 nitrogen and oxygen atoms in total. The number of ether oxygens (including phenoxy) is 1. The lowest BCUT2D eigenvalue weighted by atomic mass is 10.1. The van der Waals surface area contributed by atoms with Crippen molar-refractivity contribution in [1.29, 1.82) is 0 Å². The van der Waals surface area contributed by atoms with Gasteiger partial charge in [0.05, 0.1) is 29.3 Å². The molecule has 2 atom stereocenters. The molecular formula is C26H32N8O. The van der Waals surface area contributed by atoms with E-state index in [-0.39, 0.29) is 12.3 Å². The molecule has 4 aromatic heterocycles. The Morgan fingerprint density at radius 2 is 1.97 bits per heavy atom. The highest BCUT2D eigenvalue weighted by molar-refractivity contribution is 5.94. The van der Waals surface area contributed by atoms with E-state index in [0.717, 1.165) is 97.6 Å². The summed E-state index contributed by atoms with van der Waals surface area (Å²) in [6.45, 7) is 2.66. The average molecular weight is 473 g/mol. The first-order valence-corrected chi connectivity index (χ1v) is 12.6. The molecule has 35 heavy (non-hydrogen) atoms. The fourth-order valence-electron chi connectivity index (χ4n) is 5.16. The van der Waals surface area contributed by atoms with Gasteiger partial charge in [0, 0.05) is 49.9 Å². The van der Waals surface area contributed by atoms with E-state index in [1.807, 2.05) is 36.4 Å². The van der Waals surface area contributed by atoms with Gasteiger partial charge >= 0.3 is 0 Å². The second kappa shape index (κ2) is 9.39. The lowest BCUT2D eigenvalue weighted by molar-refractivity contribution is -0.0365. The lowest BCUT2D eigenvalue weighted by Crippen LogP contribution is -2.27. The van der Waals surface area contributed by atoms with Crippen LogP contribution in [-0.2, 0) is 11.8 Å². The molecule has 0 amide bonds. The number of hydrogen-bond acceptors (Lipinski definition) is 7. The maximum absolute atomic E-state index is 6.21. The van der Waals surface area contributed by atoms with E-state index in [2.05, 4.69) is 28.2 Å². The Morgan fingerprint density at radius 3 is 2.80 bits per heavy atom. The van der Waals surface area contributed by atoms with Crippen molar-refractivity contribution in [2.75, 3.05) is 24.6 Å². The second-order valence-electron chi connectivity index (χ2n) is 9.66. The first-order valence-electron chi connectivity index (χ1n) is 12.6. The monoisotopic (exact) mass is 472 g/mol. The minimum Gasteiger partial charge on any atom is -0.357 e. The van der Waals surface area contributed by atoms with Crippen molar-refractivity contribution < 1.29 is 4.74 Å². The van der Waals surface area contributed by atoms with E-state index in [1.54, 1.807) is 4.68 Å². The third-order valence-electron chi connectivity index (χ3n) is 7.10. The normalized spacial score (nSPS) is 21.4. The summed E-state index contributed by atoms with van der Waals surface area (Å²) < 4.78 is 9.90. The van der Waals surface area contributed by atoms with E-state index in [0.29, 0.717) is 0 Å². The Bertz CT molecular complexity index is 1320. The lowest BCUT2D eigenvalue weighted by Gasteiger charge is -2.23. The molecule has 6 rings (SSSR count). The van der Waals surface area contributed by atoms with Crippen molar-refractivity contribution in [3.8, 4) is 22.6 Å². The number of fused-ring (bicyclic) bond motifs is 1. The number of anilines is 1. The summed E-state index contributed by atoms with van der Waals surface area (Å²) >= 11 is 0. The molecule has 4 aromatic rings. The average Bonchev–Trinajstić information content (AvgIpc) is 3.43. The highest BCUT2D eigenvalue weighted by Crippen LogP contribution is 2.34. The maximum Gasteiger partial charge on any atom is 0.150 e. The van der Waals surface area contributed by atoms with Gasteiger partial charge in [-0.3, -0.25) is 9.67 Å². The summed E-state index contributed by atoms with van der Waals surface area (Å²) in [5.74, 6) is 0.981. The maximum atomic E-state index is 6.21. The fourth-order valence-corrected chi connectivity index (χ4v) is 5.16. The third kappa shape index (κ3) is 4.41. The van der Waals surface area contributed by atoms with Crippen molar-refractivity contribution in [3.63, 3.8) is 0 Å². The second-order valence-corrected chi connectivity index (χ2v) is 9.66. The van der Waals surface area contributed by atoms with Gasteiger partial charge in [0.1, 0.15) is 11.5 Å². The summed E-state index contributed by atoms with van der Waals surface area (Å²) in [4.78, 5) is 12.2. The minimum atomic E-state index is -0.0821. The molecular weight excluding hydrogens is 440 g/mol. The predicted octanol–water partition coefficient (Wildman–Crippen LogP) is 3.91. The topological polar surface area (TPSA) is 99.9 Å². The molecule has 2 N–H and O–H groups in total. The van der Waals surface area contributed by atoms with Gasteiger partial charge in [-0.25, -0.2) is 9.67 Å². The molecule has 2 aliphatic rings. The zero-order valence-corrected chi connectivity index (χ0v) is 20.2. The van der Waals surface area contributed by atoms with Crippen LogP contribution in [-0.4, -0.2) is 55.3 Å². The number of hydrogen-bond donors (Lipinski definition) is 1. The molecule has 9 heteroatoms. The molecule has 0 aliphatic carbocycles. The molecule has 2 saturated heterocycles. The Morgan fingerprint density at radius 1 is 1.03 bits per heavy atom. The van der Waals surface area contributed by atoms with Crippen molar-refractivity contribution in [3.05, 3.63) is 42.9 Å². The quantitative estimate of drug-likeness (QED) is 0.481. The predicted molar refractivity (Wildman–Crippen MR) is 136 cm³/mol. The van der Waals surface area contributed by atoms with Crippen molar-refractivity contribution in [1.82, 2.24) is 29.5 Å². The first-order chi connectivity index (χ1) is 17.2. The fraction of sp³-hybridized carbons (Fsp3) is 0.462. The molecule has 6 heterocycles. The summed E-state index contributed by atoms with van der Waals surface area (Å²) in [6, 6.07) is 8.59. The number of aryl methyl sites for hydroxylation is 1. The number of pyridine rings is 2. The summed E-state index contributed by atoms with van der Waals surface area (Å²) in [5.41, 5.74) is 10.7. The Kier molecular flexibility index (Phi) is 5.95. The molecule has 0 aromatic carbocycles. The van der Waals surface area contributed by atoms with Gasteiger partial charge in [-0.05, 0) is 56.7 Å².